The minimum Gasteiger partial charge on any atom is -0.416 e. The lowest BCUT2D eigenvalue weighted by atomic mass is 10.0. The Morgan fingerprint density at radius 3 is 2.27 bits per heavy atom. The van der Waals surface area contributed by atoms with Gasteiger partial charge in [0.05, 0.1) is 17.0 Å². The van der Waals surface area contributed by atoms with Crippen molar-refractivity contribution in [2.24, 2.45) is 0 Å². The molecule has 40 heavy (non-hydrogen) atoms. The quantitative estimate of drug-likeness (QED) is 0.337. The van der Waals surface area contributed by atoms with Crippen LogP contribution in [0.5, 0.6) is 0 Å². The van der Waals surface area contributed by atoms with E-state index < -0.39 is 15.8 Å². The Morgan fingerprint density at radius 1 is 0.900 bits per heavy atom. The van der Waals surface area contributed by atoms with Gasteiger partial charge in [0.2, 0.25) is 10.0 Å². The maximum Gasteiger partial charge on any atom is 0.439 e. The highest BCUT2D eigenvalue weighted by atomic mass is 32.2. The van der Waals surface area contributed by atoms with Crippen LogP contribution in [0, 0.1) is 27.7 Å². The number of anilines is 1. The molecule has 0 N–H and O–H groups in total. The van der Waals surface area contributed by atoms with Crippen LogP contribution in [0.4, 0.5) is 5.69 Å². The van der Waals surface area contributed by atoms with Crippen molar-refractivity contribution in [1.29, 1.82) is 0 Å². The summed E-state index contributed by atoms with van der Waals surface area (Å²) >= 11 is 0. The lowest BCUT2D eigenvalue weighted by Gasteiger charge is -2.41. The van der Waals surface area contributed by atoms with E-state index >= 15 is 0 Å². The summed E-state index contributed by atoms with van der Waals surface area (Å²) in [6, 6.07) is 18.0. The Labute approximate surface area is 235 Å². The van der Waals surface area contributed by atoms with E-state index in [0.717, 1.165) is 40.5 Å². The van der Waals surface area contributed by atoms with Crippen LogP contribution in [-0.4, -0.2) is 43.6 Å². The molecule has 2 aliphatic heterocycles. The Balaban J connectivity index is 0.000000244. The van der Waals surface area contributed by atoms with Crippen LogP contribution in [0.3, 0.4) is 0 Å². The van der Waals surface area contributed by atoms with Crippen molar-refractivity contribution in [3.63, 3.8) is 0 Å². The average molecular weight is 562 g/mol. The maximum absolute atomic E-state index is 13.5. The summed E-state index contributed by atoms with van der Waals surface area (Å²) in [5.74, 6) is -0.552. The Morgan fingerprint density at radius 2 is 1.55 bits per heavy atom. The molecule has 0 saturated carbocycles. The monoisotopic (exact) mass is 561 g/mol. The number of fused-ring (bicyclic) bond motifs is 2. The highest BCUT2D eigenvalue weighted by Crippen LogP contribution is 2.34. The van der Waals surface area contributed by atoms with Gasteiger partial charge < -0.3 is 14.1 Å². The van der Waals surface area contributed by atoms with Crippen LogP contribution in [0.15, 0.2) is 75.0 Å². The second-order valence-electron chi connectivity index (χ2n) is 10.5. The summed E-state index contributed by atoms with van der Waals surface area (Å²) in [5.41, 5.74) is 6.90. The van der Waals surface area contributed by atoms with Gasteiger partial charge in [0, 0.05) is 35.8 Å². The number of aryl methyl sites for hydroxylation is 2. The molecule has 0 bridgehead atoms. The normalized spacial score (nSPS) is 16.4. The zero-order valence-electron chi connectivity index (χ0n) is 23.4. The minimum absolute atomic E-state index is 0.296. The van der Waals surface area contributed by atoms with Crippen molar-refractivity contribution in [1.82, 2.24) is 9.29 Å². The molecular weight excluding hydrogens is 526 g/mol. The van der Waals surface area contributed by atoms with Crippen LogP contribution in [0.1, 0.15) is 40.7 Å². The van der Waals surface area contributed by atoms with Gasteiger partial charge in [-0.05, 0) is 81.0 Å². The van der Waals surface area contributed by atoms with Crippen molar-refractivity contribution < 1.29 is 17.6 Å². The summed E-state index contributed by atoms with van der Waals surface area (Å²) in [6.45, 7) is 10.1. The SMILES string of the molecule is Cc1cc(C)c(C)c(S(=O)(=O)N2CCC(N3COCc4ccccc43)CC2)c1C.O=c1nc2ccccc2co1. The molecule has 3 aromatic carbocycles. The summed E-state index contributed by atoms with van der Waals surface area (Å²) in [7, 11) is -3.50. The van der Waals surface area contributed by atoms with Gasteiger partial charge in [-0.3, -0.25) is 0 Å². The Hall–Kier alpha value is -3.53. The number of sulfonamides is 1. The molecule has 0 atom stereocenters. The van der Waals surface area contributed by atoms with Gasteiger partial charge >= 0.3 is 5.76 Å². The number of piperidine rings is 1. The van der Waals surface area contributed by atoms with E-state index in [2.05, 4.69) is 38.6 Å². The minimum atomic E-state index is -3.50. The number of ether oxygens (including phenoxy) is 1. The number of rotatable bonds is 3. The zero-order chi connectivity index (χ0) is 28.4. The third-order valence-electron chi connectivity index (χ3n) is 7.98. The molecular formula is C31H35N3O5S. The van der Waals surface area contributed by atoms with E-state index in [1.54, 1.807) is 10.4 Å². The molecule has 9 heteroatoms. The van der Waals surface area contributed by atoms with Gasteiger partial charge in [0.15, 0.2) is 0 Å². The number of aromatic nitrogens is 1. The van der Waals surface area contributed by atoms with Crippen molar-refractivity contribution >= 4 is 26.6 Å². The fourth-order valence-corrected chi connectivity index (χ4v) is 7.60. The highest BCUT2D eigenvalue weighted by Gasteiger charge is 2.35. The van der Waals surface area contributed by atoms with Gasteiger partial charge in [0.1, 0.15) is 13.0 Å². The molecule has 0 unspecified atom stereocenters. The predicted molar refractivity (Wildman–Crippen MR) is 156 cm³/mol. The number of nitrogens with zero attached hydrogens (tertiary/aromatic N) is 3. The summed E-state index contributed by atoms with van der Waals surface area (Å²) in [4.78, 5) is 17.1. The maximum atomic E-state index is 13.5. The molecule has 3 heterocycles. The summed E-state index contributed by atoms with van der Waals surface area (Å²) < 4.78 is 39.0. The number of para-hydroxylation sites is 2. The lowest BCUT2D eigenvalue weighted by molar-refractivity contribution is 0.0988. The summed E-state index contributed by atoms with van der Waals surface area (Å²) in [6.07, 6.45) is 3.02. The Kier molecular flexibility index (Phi) is 8.07. The van der Waals surface area contributed by atoms with Gasteiger partial charge in [-0.25, -0.2) is 13.2 Å². The zero-order valence-corrected chi connectivity index (χ0v) is 24.2. The molecule has 0 amide bonds. The van der Waals surface area contributed by atoms with Crippen LogP contribution in [-0.2, 0) is 21.4 Å². The van der Waals surface area contributed by atoms with Crippen molar-refractivity contribution in [2.75, 3.05) is 24.7 Å². The van der Waals surface area contributed by atoms with Gasteiger partial charge in [-0.1, -0.05) is 36.4 Å². The second-order valence-corrected chi connectivity index (χ2v) is 12.3. The molecule has 210 valence electrons. The van der Waals surface area contributed by atoms with Gasteiger partial charge in [-0.2, -0.15) is 9.29 Å². The number of benzene rings is 3. The molecule has 6 rings (SSSR count). The van der Waals surface area contributed by atoms with E-state index in [-0.39, 0.29) is 0 Å². The van der Waals surface area contributed by atoms with Crippen molar-refractivity contribution in [2.45, 2.75) is 58.1 Å². The van der Waals surface area contributed by atoms with Crippen molar-refractivity contribution in [3.05, 3.63) is 99.2 Å². The van der Waals surface area contributed by atoms with Gasteiger partial charge in [0.25, 0.3) is 0 Å². The van der Waals surface area contributed by atoms with Gasteiger partial charge in [-0.15, -0.1) is 0 Å². The second kappa shape index (κ2) is 11.5. The number of hydrogen-bond donors (Lipinski definition) is 0. The van der Waals surface area contributed by atoms with Crippen LogP contribution in [0.25, 0.3) is 10.9 Å². The molecule has 8 nitrogen and oxygen atoms in total. The number of hydrogen-bond acceptors (Lipinski definition) is 7. The third kappa shape index (κ3) is 5.54. The van der Waals surface area contributed by atoms with E-state index in [9.17, 15) is 13.2 Å². The van der Waals surface area contributed by atoms with E-state index in [0.29, 0.717) is 42.9 Å². The topological polar surface area (TPSA) is 93.0 Å². The largest absolute Gasteiger partial charge is 0.439 e. The average Bonchev–Trinajstić information content (AvgIpc) is 2.96. The smallest absolute Gasteiger partial charge is 0.416 e. The van der Waals surface area contributed by atoms with E-state index in [1.165, 1.54) is 17.5 Å². The molecule has 0 radical (unpaired) electrons. The third-order valence-corrected chi connectivity index (χ3v) is 10.2. The first-order chi connectivity index (χ1) is 19.2. The highest BCUT2D eigenvalue weighted by molar-refractivity contribution is 7.89. The van der Waals surface area contributed by atoms with E-state index in [1.807, 2.05) is 52.0 Å². The summed E-state index contributed by atoms with van der Waals surface area (Å²) in [5, 5.41) is 0.840. The molecule has 4 aromatic rings. The predicted octanol–water partition coefficient (Wildman–Crippen LogP) is 5.26. The molecule has 0 spiro atoms. The van der Waals surface area contributed by atoms with Crippen LogP contribution < -0.4 is 10.7 Å². The van der Waals surface area contributed by atoms with Crippen LogP contribution in [0.2, 0.25) is 0 Å². The molecule has 2 aliphatic rings. The van der Waals surface area contributed by atoms with Crippen molar-refractivity contribution in [3.8, 4) is 0 Å². The fourth-order valence-electron chi connectivity index (χ4n) is 5.56. The molecule has 0 aliphatic carbocycles. The standard InChI is InChI=1S/C23H30N2O3S.C8H5NO2/c1-16-13-17(2)19(4)23(18(16)3)29(26,27)24-11-9-21(10-12-24)25-15-28-14-20-7-5-6-8-22(20)25;10-8-9-7-4-2-1-3-6(7)5-11-8/h5-8,13,21H,9-12,14-15H2,1-4H3;1-5H. The first-order valence-electron chi connectivity index (χ1n) is 13.5. The van der Waals surface area contributed by atoms with E-state index in [4.69, 9.17) is 4.74 Å². The fraction of sp³-hybridized carbons (Fsp3) is 0.355. The molecule has 1 fully saturated rings. The van der Waals surface area contributed by atoms with Crippen LogP contribution >= 0.6 is 0 Å². The first-order valence-corrected chi connectivity index (χ1v) is 14.9. The Bertz CT molecular complexity index is 1670. The molecule has 1 aromatic heterocycles. The lowest BCUT2D eigenvalue weighted by Crippen LogP contribution is -2.48. The molecule has 1 saturated heterocycles. The first kappa shape index (κ1) is 28.0.